The summed E-state index contributed by atoms with van der Waals surface area (Å²) in [7, 11) is 0. The van der Waals surface area contributed by atoms with Crippen LogP contribution in [0.15, 0.2) is 18.3 Å². The summed E-state index contributed by atoms with van der Waals surface area (Å²) in [6.45, 7) is 0. The monoisotopic (exact) mass is 211 g/mol. The molecule has 0 N–H and O–H groups in total. The summed E-state index contributed by atoms with van der Waals surface area (Å²) in [5, 5.41) is 11.1. The Morgan fingerprint density at radius 3 is 3.00 bits per heavy atom. The maximum atomic E-state index is 4.08. The van der Waals surface area contributed by atoms with Crippen LogP contribution in [0.1, 0.15) is 0 Å². The molecule has 0 aliphatic carbocycles. The molecule has 1 radical (unpaired) electrons. The molecule has 2 aromatic heterocycles. The van der Waals surface area contributed by atoms with Gasteiger partial charge in [-0.05, 0) is 0 Å². The van der Waals surface area contributed by atoms with Gasteiger partial charge in [0.15, 0.2) is 0 Å². The van der Waals surface area contributed by atoms with E-state index in [9.17, 15) is 0 Å². The predicted molar refractivity (Wildman–Crippen MR) is 40.5 cm³/mol. The van der Waals surface area contributed by atoms with Crippen molar-refractivity contribution in [3.8, 4) is 0 Å². The van der Waals surface area contributed by atoms with Crippen molar-refractivity contribution < 1.29 is 0 Å². The van der Waals surface area contributed by atoms with E-state index in [4.69, 9.17) is 0 Å². The summed E-state index contributed by atoms with van der Waals surface area (Å²) in [5.74, 6) is 0. The molecule has 0 unspecified atom stereocenters. The Balaban J connectivity index is 2.91. The van der Waals surface area contributed by atoms with E-state index < -0.39 is 0 Å². The molecule has 0 saturated carbocycles. The van der Waals surface area contributed by atoms with Crippen molar-refractivity contribution in [1.29, 1.82) is 0 Å². The van der Waals surface area contributed by atoms with Gasteiger partial charge in [-0.3, -0.25) is 0 Å². The Hall–Kier alpha value is -1.06. The first kappa shape index (κ1) is 6.64. The molecule has 0 amide bonds. The van der Waals surface area contributed by atoms with Crippen LogP contribution in [0.2, 0.25) is 0 Å². The molecule has 0 fully saturated rings. The van der Waals surface area contributed by atoms with E-state index in [1.807, 2.05) is 12.1 Å². The minimum absolute atomic E-state index is 0.690. The normalized spacial score (nSPS) is 10.2. The van der Waals surface area contributed by atoms with Crippen LogP contribution in [0.5, 0.6) is 0 Å². The fourth-order valence-electron chi connectivity index (χ4n) is 0.801. The van der Waals surface area contributed by atoms with Crippen molar-refractivity contribution in [2.45, 2.75) is 0 Å². The van der Waals surface area contributed by atoms with Gasteiger partial charge in [-0.1, -0.05) is 0 Å². The van der Waals surface area contributed by atoms with Gasteiger partial charge in [0.2, 0.25) is 0 Å². The number of fused-ring (bicyclic) bond motifs is 1. The quantitative estimate of drug-likeness (QED) is 0.535. The summed E-state index contributed by atoms with van der Waals surface area (Å²) in [4.78, 5) is 4.08. The van der Waals surface area contributed by atoms with Gasteiger partial charge < -0.3 is 0 Å². The van der Waals surface area contributed by atoms with Crippen molar-refractivity contribution in [3.63, 3.8) is 0 Å². The van der Waals surface area contributed by atoms with E-state index in [0.717, 1.165) is 11.0 Å². The zero-order chi connectivity index (χ0) is 7.68. The average Bonchev–Trinajstić information content (AvgIpc) is 2.06. The third kappa shape index (κ3) is 1.08. The van der Waals surface area contributed by atoms with Crippen LogP contribution in [-0.4, -0.2) is 36.4 Å². The standard InChI is InChI=1S/C6H3N4Se/c11-6-5-4(8-10-9-6)2-1-3-7-5/h1-3H. The van der Waals surface area contributed by atoms with E-state index in [-0.39, 0.29) is 0 Å². The molecule has 2 aromatic rings. The van der Waals surface area contributed by atoms with Gasteiger partial charge in [0.1, 0.15) is 0 Å². The Labute approximate surface area is 70.9 Å². The minimum atomic E-state index is 0.690. The molecule has 4 nitrogen and oxygen atoms in total. The van der Waals surface area contributed by atoms with Crippen molar-refractivity contribution in [1.82, 2.24) is 20.4 Å². The number of rotatable bonds is 0. The molecule has 2 rings (SSSR count). The molecular weight excluding hydrogens is 207 g/mol. The van der Waals surface area contributed by atoms with E-state index in [1.54, 1.807) is 6.20 Å². The first-order valence-electron chi connectivity index (χ1n) is 2.99. The topological polar surface area (TPSA) is 51.6 Å². The SMILES string of the molecule is [Se]c1nnnc2cccnc12. The van der Waals surface area contributed by atoms with Gasteiger partial charge in [-0.2, -0.15) is 0 Å². The van der Waals surface area contributed by atoms with Crippen LogP contribution in [-0.2, 0) is 0 Å². The number of hydrogen-bond donors (Lipinski definition) is 0. The zero-order valence-corrected chi connectivity index (χ0v) is 7.14. The summed E-state index contributed by atoms with van der Waals surface area (Å²) in [5.41, 5.74) is 1.53. The molecule has 5 heteroatoms. The summed E-state index contributed by atoms with van der Waals surface area (Å²) in [6.07, 6.45) is 1.70. The third-order valence-corrected chi connectivity index (χ3v) is 1.85. The predicted octanol–water partition coefficient (Wildman–Crippen LogP) is -0.786. The Kier molecular flexibility index (Phi) is 1.52. The molecule has 0 spiro atoms. The van der Waals surface area contributed by atoms with Crippen LogP contribution in [0.3, 0.4) is 0 Å². The fraction of sp³-hybridized carbons (Fsp3) is 0. The van der Waals surface area contributed by atoms with E-state index in [0.29, 0.717) is 4.59 Å². The second-order valence-corrected chi connectivity index (χ2v) is 2.78. The molecule has 0 saturated heterocycles. The molecule has 11 heavy (non-hydrogen) atoms. The molecular formula is C6H3N4Se. The molecule has 0 aromatic carbocycles. The van der Waals surface area contributed by atoms with Gasteiger partial charge in [-0.25, -0.2) is 0 Å². The summed E-state index contributed by atoms with van der Waals surface area (Å²) < 4.78 is 0.690. The third-order valence-electron chi connectivity index (χ3n) is 1.28. The first-order chi connectivity index (χ1) is 5.38. The van der Waals surface area contributed by atoms with Gasteiger partial charge in [0, 0.05) is 0 Å². The zero-order valence-electron chi connectivity index (χ0n) is 5.43. The van der Waals surface area contributed by atoms with E-state index in [2.05, 4.69) is 36.4 Å². The van der Waals surface area contributed by atoms with Crippen molar-refractivity contribution >= 4 is 31.6 Å². The van der Waals surface area contributed by atoms with E-state index >= 15 is 0 Å². The fourth-order valence-corrected chi connectivity index (χ4v) is 1.21. The average molecular weight is 210 g/mol. The van der Waals surface area contributed by atoms with Crippen LogP contribution < -0.4 is 4.59 Å². The van der Waals surface area contributed by atoms with Gasteiger partial charge in [-0.15, -0.1) is 0 Å². The van der Waals surface area contributed by atoms with Crippen molar-refractivity contribution in [3.05, 3.63) is 18.3 Å². The second-order valence-electron chi connectivity index (χ2n) is 1.97. The number of nitrogens with zero attached hydrogens (tertiary/aromatic N) is 4. The first-order valence-corrected chi connectivity index (χ1v) is 3.85. The number of pyridine rings is 1. The van der Waals surface area contributed by atoms with Crippen molar-refractivity contribution in [2.24, 2.45) is 0 Å². The molecule has 0 aliphatic rings. The Morgan fingerprint density at radius 1 is 1.27 bits per heavy atom. The van der Waals surface area contributed by atoms with Crippen LogP contribution in [0, 0.1) is 0 Å². The van der Waals surface area contributed by atoms with Crippen LogP contribution in [0.25, 0.3) is 11.0 Å². The number of aromatic nitrogens is 4. The maximum absolute atomic E-state index is 4.08. The Bertz CT molecular complexity index is 384. The molecule has 53 valence electrons. The Morgan fingerprint density at radius 2 is 2.18 bits per heavy atom. The van der Waals surface area contributed by atoms with Gasteiger partial charge >= 0.3 is 70.4 Å². The van der Waals surface area contributed by atoms with Crippen molar-refractivity contribution in [2.75, 3.05) is 0 Å². The van der Waals surface area contributed by atoms with E-state index in [1.165, 1.54) is 0 Å². The summed E-state index contributed by atoms with van der Waals surface area (Å²) in [6, 6.07) is 3.66. The molecule has 0 aliphatic heterocycles. The second kappa shape index (κ2) is 2.52. The van der Waals surface area contributed by atoms with Crippen LogP contribution in [0.4, 0.5) is 0 Å². The molecule has 0 bridgehead atoms. The molecule has 0 atom stereocenters. The van der Waals surface area contributed by atoms with Gasteiger partial charge in [0.05, 0.1) is 0 Å². The van der Waals surface area contributed by atoms with Gasteiger partial charge in [0.25, 0.3) is 0 Å². The molecule has 2 heterocycles. The summed E-state index contributed by atoms with van der Waals surface area (Å²) >= 11 is 2.77. The number of hydrogen-bond acceptors (Lipinski definition) is 4. The van der Waals surface area contributed by atoms with Crippen LogP contribution >= 0.6 is 0 Å².